The van der Waals surface area contributed by atoms with Crippen LogP contribution >= 0.6 is 0 Å². The fraction of sp³-hybridized carbons (Fsp3) is 0.500. The van der Waals surface area contributed by atoms with Gasteiger partial charge in [0, 0.05) is 31.7 Å². The first-order valence-electron chi connectivity index (χ1n) is 12.1. The first kappa shape index (κ1) is 23.9. The smallest absolute Gasteiger partial charge is 0.251 e. The Hall–Kier alpha value is -2.22. The number of piperidine rings is 2. The number of hydrogen-bond donors (Lipinski definition) is 1. The summed E-state index contributed by atoms with van der Waals surface area (Å²) in [7, 11) is -3.58. The molecule has 0 saturated carbocycles. The summed E-state index contributed by atoms with van der Waals surface area (Å²) in [4.78, 5) is 15.4. The summed E-state index contributed by atoms with van der Waals surface area (Å²) in [5, 5.41) is 2.92. The molecule has 2 saturated heterocycles. The van der Waals surface area contributed by atoms with Crippen LogP contribution in [0.5, 0.6) is 0 Å². The van der Waals surface area contributed by atoms with Gasteiger partial charge in [-0.1, -0.05) is 43.7 Å². The minimum absolute atomic E-state index is 0.187. The minimum atomic E-state index is -3.58. The van der Waals surface area contributed by atoms with Gasteiger partial charge in [-0.2, -0.15) is 4.31 Å². The van der Waals surface area contributed by atoms with Gasteiger partial charge in [-0.15, -0.1) is 0 Å². The van der Waals surface area contributed by atoms with Crippen LogP contribution in [-0.4, -0.2) is 49.7 Å². The molecule has 2 aliphatic heterocycles. The molecule has 2 heterocycles. The number of likely N-dealkylation sites (tertiary alicyclic amines) is 1. The molecule has 0 aromatic heterocycles. The van der Waals surface area contributed by atoms with Crippen LogP contribution in [0, 0.1) is 5.92 Å². The molecule has 2 aliphatic rings. The lowest BCUT2D eigenvalue weighted by Gasteiger charge is -2.29. The van der Waals surface area contributed by atoms with Crippen molar-refractivity contribution in [1.29, 1.82) is 0 Å². The Kier molecular flexibility index (Phi) is 7.83. The molecule has 2 aromatic carbocycles. The van der Waals surface area contributed by atoms with E-state index in [2.05, 4.69) is 41.4 Å². The van der Waals surface area contributed by atoms with E-state index in [4.69, 9.17) is 0 Å². The van der Waals surface area contributed by atoms with Gasteiger partial charge in [0.05, 0.1) is 4.90 Å². The summed E-state index contributed by atoms with van der Waals surface area (Å²) in [6, 6.07) is 14.7. The zero-order chi connectivity index (χ0) is 23.3. The number of nitrogens with one attached hydrogen (secondary N) is 1. The van der Waals surface area contributed by atoms with Gasteiger partial charge in [0.25, 0.3) is 5.91 Å². The zero-order valence-electron chi connectivity index (χ0n) is 19.5. The summed E-state index contributed by atoms with van der Waals surface area (Å²) < 4.78 is 27.6. The first-order chi connectivity index (χ1) is 15.9. The third-order valence-electron chi connectivity index (χ3n) is 6.81. The van der Waals surface area contributed by atoms with Gasteiger partial charge in [-0.25, -0.2) is 8.42 Å². The van der Waals surface area contributed by atoms with E-state index in [9.17, 15) is 13.2 Å². The molecule has 33 heavy (non-hydrogen) atoms. The molecule has 7 heteroatoms. The van der Waals surface area contributed by atoms with Crippen molar-refractivity contribution in [3.63, 3.8) is 0 Å². The van der Waals surface area contributed by atoms with Crippen molar-refractivity contribution in [3.8, 4) is 0 Å². The van der Waals surface area contributed by atoms with Gasteiger partial charge >= 0.3 is 0 Å². The topological polar surface area (TPSA) is 69.7 Å². The molecule has 4 rings (SSSR count). The van der Waals surface area contributed by atoms with Crippen molar-refractivity contribution in [1.82, 2.24) is 14.5 Å². The largest absolute Gasteiger partial charge is 0.348 e. The molecule has 0 atom stereocenters. The summed E-state index contributed by atoms with van der Waals surface area (Å²) in [6.45, 7) is 6.94. The van der Waals surface area contributed by atoms with E-state index < -0.39 is 10.0 Å². The number of benzene rings is 2. The van der Waals surface area contributed by atoms with Crippen LogP contribution in [0.15, 0.2) is 53.4 Å². The highest BCUT2D eigenvalue weighted by Gasteiger charge is 2.28. The van der Waals surface area contributed by atoms with Gasteiger partial charge < -0.3 is 5.32 Å². The molecule has 1 amide bonds. The Morgan fingerprint density at radius 3 is 2.30 bits per heavy atom. The lowest BCUT2D eigenvalue weighted by Crippen LogP contribution is -2.38. The van der Waals surface area contributed by atoms with Gasteiger partial charge in [-0.3, -0.25) is 9.69 Å². The number of hydrogen-bond acceptors (Lipinski definition) is 4. The first-order valence-corrected chi connectivity index (χ1v) is 13.5. The lowest BCUT2D eigenvalue weighted by molar-refractivity contribution is 0.0950. The van der Waals surface area contributed by atoms with Crippen LogP contribution in [0.1, 0.15) is 60.5 Å². The third kappa shape index (κ3) is 6.22. The number of rotatable bonds is 7. The Balaban J connectivity index is 1.34. The van der Waals surface area contributed by atoms with Crippen molar-refractivity contribution in [3.05, 3.63) is 65.2 Å². The van der Waals surface area contributed by atoms with Crippen LogP contribution in [0.3, 0.4) is 0 Å². The molecule has 1 N–H and O–H groups in total. The van der Waals surface area contributed by atoms with Crippen molar-refractivity contribution in [2.24, 2.45) is 5.92 Å². The number of nitrogens with zero attached hydrogens (tertiary/aromatic N) is 2. The number of carbonyl (C=O) groups excluding carboxylic acids is 1. The SMILES string of the molecule is CC1CCN(S(=O)(=O)c2cccc(C(=O)NCc3ccc(CN4CCCCC4)cc3)c2)CC1. The second-order valence-corrected chi connectivity index (χ2v) is 11.4. The fourth-order valence-corrected chi connectivity index (χ4v) is 6.11. The molecule has 2 fully saturated rings. The highest BCUT2D eigenvalue weighted by Crippen LogP contribution is 2.24. The number of carbonyl (C=O) groups is 1. The summed E-state index contributed by atoms with van der Waals surface area (Å²) >= 11 is 0. The summed E-state index contributed by atoms with van der Waals surface area (Å²) in [5.74, 6) is 0.282. The highest BCUT2D eigenvalue weighted by molar-refractivity contribution is 7.89. The normalized spacial score (nSPS) is 18.8. The Labute approximate surface area is 198 Å². The Bertz CT molecular complexity index is 1040. The standard InChI is InChI=1S/C26H35N3O3S/c1-21-12-16-29(17-13-21)33(31,32)25-7-5-6-24(18-25)26(30)27-19-22-8-10-23(11-9-22)20-28-14-3-2-4-15-28/h5-11,18,21H,2-4,12-17,19-20H2,1H3,(H,27,30). The predicted molar refractivity (Wildman–Crippen MR) is 130 cm³/mol. The second-order valence-electron chi connectivity index (χ2n) is 9.45. The van der Waals surface area contributed by atoms with Crippen molar-refractivity contribution >= 4 is 15.9 Å². The molecule has 6 nitrogen and oxygen atoms in total. The van der Waals surface area contributed by atoms with Crippen LogP contribution in [-0.2, 0) is 23.1 Å². The minimum Gasteiger partial charge on any atom is -0.348 e. The lowest BCUT2D eigenvalue weighted by atomic mass is 10.0. The molecular formula is C26H35N3O3S. The summed E-state index contributed by atoms with van der Waals surface area (Å²) in [6.07, 6.45) is 5.64. The van der Waals surface area contributed by atoms with E-state index in [0.717, 1.165) is 24.9 Å². The molecule has 2 aromatic rings. The average Bonchev–Trinajstić information content (AvgIpc) is 2.84. The third-order valence-corrected chi connectivity index (χ3v) is 8.70. The van der Waals surface area contributed by atoms with Gasteiger partial charge in [0.1, 0.15) is 0 Å². The molecule has 0 aliphatic carbocycles. The highest BCUT2D eigenvalue weighted by atomic mass is 32.2. The van der Waals surface area contributed by atoms with Crippen LogP contribution in [0.2, 0.25) is 0 Å². The van der Waals surface area contributed by atoms with Crippen LogP contribution < -0.4 is 5.32 Å². The molecule has 0 unspecified atom stereocenters. The van der Waals surface area contributed by atoms with Crippen molar-refractivity contribution < 1.29 is 13.2 Å². The van der Waals surface area contributed by atoms with E-state index in [1.807, 2.05) is 0 Å². The predicted octanol–water partition coefficient (Wildman–Crippen LogP) is 4.02. The number of amides is 1. The second kappa shape index (κ2) is 10.8. The van der Waals surface area contributed by atoms with Gasteiger partial charge in [0.2, 0.25) is 10.0 Å². The van der Waals surface area contributed by atoms with Crippen LogP contribution in [0.4, 0.5) is 0 Å². The van der Waals surface area contributed by atoms with E-state index in [-0.39, 0.29) is 10.8 Å². The molecule has 0 radical (unpaired) electrons. The Morgan fingerprint density at radius 2 is 1.61 bits per heavy atom. The maximum absolute atomic E-state index is 13.0. The molecule has 178 valence electrons. The van der Waals surface area contributed by atoms with Crippen molar-refractivity contribution in [2.75, 3.05) is 26.2 Å². The van der Waals surface area contributed by atoms with E-state index in [1.54, 1.807) is 18.2 Å². The fourth-order valence-electron chi connectivity index (χ4n) is 4.59. The Morgan fingerprint density at radius 1 is 0.939 bits per heavy atom. The zero-order valence-corrected chi connectivity index (χ0v) is 20.3. The molecular weight excluding hydrogens is 434 g/mol. The van der Waals surface area contributed by atoms with E-state index >= 15 is 0 Å². The van der Waals surface area contributed by atoms with E-state index in [0.29, 0.717) is 31.1 Å². The quantitative estimate of drug-likeness (QED) is 0.665. The monoisotopic (exact) mass is 469 g/mol. The van der Waals surface area contributed by atoms with Crippen LogP contribution in [0.25, 0.3) is 0 Å². The molecule has 0 spiro atoms. The van der Waals surface area contributed by atoms with Gasteiger partial charge in [-0.05, 0) is 74.0 Å². The van der Waals surface area contributed by atoms with Crippen molar-refractivity contribution in [2.45, 2.75) is 57.0 Å². The maximum Gasteiger partial charge on any atom is 0.251 e. The average molecular weight is 470 g/mol. The maximum atomic E-state index is 13.0. The molecule has 0 bridgehead atoms. The summed E-state index contributed by atoms with van der Waals surface area (Å²) in [5.41, 5.74) is 2.68. The van der Waals surface area contributed by atoms with E-state index in [1.165, 1.54) is 48.3 Å². The number of sulfonamides is 1. The van der Waals surface area contributed by atoms with Gasteiger partial charge in [0.15, 0.2) is 0 Å².